The monoisotopic (exact) mass is 322 g/mol. The summed E-state index contributed by atoms with van der Waals surface area (Å²) in [6, 6.07) is 19.0. The molecule has 1 fully saturated rings. The van der Waals surface area contributed by atoms with Crippen LogP contribution in [-0.2, 0) is 11.2 Å². The molecule has 0 spiro atoms. The fourth-order valence-electron chi connectivity index (χ4n) is 3.38. The maximum atomic E-state index is 12.5. The first-order chi connectivity index (χ1) is 11.7. The standard InChI is InChI=1S/C21H26N2O/c1-17-9-7-8-14-23(17)16-21(24)22-20-13-6-5-12-19(20)15-18-10-3-2-4-11-18/h2-6,10-13,17H,7-9,14-16H2,1H3,(H,22,24). The lowest BCUT2D eigenvalue weighted by molar-refractivity contribution is -0.118. The topological polar surface area (TPSA) is 32.3 Å². The molecule has 1 heterocycles. The molecule has 3 nitrogen and oxygen atoms in total. The number of para-hydroxylation sites is 1. The summed E-state index contributed by atoms with van der Waals surface area (Å²) < 4.78 is 0. The minimum atomic E-state index is 0.0873. The van der Waals surface area contributed by atoms with Crippen LogP contribution < -0.4 is 5.32 Å². The predicted molar refractivity (Wildman–Crippen MR) is 99.2 cm³/mol. The van der Waals surface area contributed by atoms with E-state index in [0.717, 1.165) is 24.2 Å². The van der Waals surface area contributed by atoms with Crippen molar-refractivity contribution in [3.63, 3.8) is 0 Å². The molecule has 2 aromatic carbocycles. The van der Waals surface area contributed by atoms with Crippen molar-refractivity contribution in [3.8, 4) is 0 Å². The molecule has 0 aliphatic carbocycles. The van der Waals surface area contributed by atoms with E-state index >= 15 is 0 Å². The summed E-state index contributed by atoms with van der Waals surface area (Å²) in [5, 5.41) is 3.12. The molecule has 24 heavy (non-hydrogen) atoms. The number of piperidine rings is 1. The van der Waals surface area contributed by atoms with Gasteiger partial charge in [-0.2, -0.15) is 0 Å². The van der Waals surface area contributed by atoms with Gasteiger partial charge < -0.3 is 5.32 Å². The van der Waals surface area contributed by atoms with Gasteiger partial charge in [-0.25, -0.2) is 0 Å². The quantitative estimate of drug-likeness (QED) is 0.899. The van der Waals surface area contributed by atoms with E-state index in [1.54, 1.807) is 0 Å². The van der Waals surface area contributed by atoms with Gasteiger partial charge in [0, 0.05) is 11.7 Å². The third kappa shape index (κ3) is 4.45. The van der Waals surface area contributed by atoms with Crippen LogP contribution >= 0.6 is 0 Å². The zero-order chi connectivity index (χ0) is 16.8. The molecule has 1 N–H and O–H groups in total. The van der Waals surface area contributed by atoms with Crippen LogP contribution in [0.1, 0.15) is 37.3 Å². The Labute approximate surface area is 144 Å². The van der Waals surface area contributed by atoms with E-state index in [0.29, 0.717) is 12.6 Å². The molecule has 1 aliphatic heterocycles. The van der Waals surface area contributed by atoms with Crippen molar-refractivity contribution >= 4 is 11.6 Å². The van der Waals surface area contributed by atoms with E-state index in [1.807, 2.05) is 36.4 Å². The zero-order valence-corrected chi connectivity index (χ0v) is 14.4. The molecular formula is C21H26N2O. The van der Waals surface area contributed by atoms with Crippen LogP contribution in [0.5, 0.6) is 0 Å². The second-order valence-electron chi connectivity index (χ2n) is 6.68. The van der Waals surface area contributed by atoms with E-state index < -0.39 is 0 Å². The van der Waals surface area contributed by atoms with E-state index in [1.165, 1.54) is 24.8 Å². The van der Waals surface area contributed by atoms with Crippen LogP contribution in [0.15, 0.2) is 54.6 Å². The summed E-state index contributed by atoms with van der Waals surface area (Å²) in [6.45, 7) is 3.73. The Morgan fingerprint density at radius 3 is 2.62 bits per heavy atom. The van der Waals surface area contributed by atoms with Gasteiger partial charge in [0.2, 0.25) is 5.91 Å². The van der Waals surface area contributed by atoms with Gasteiger partial charge in [-0.1, -0.05) is 55.0 Å². The number of carbonyl (C=O) groups is 1. The highest BCUT2D eigenvalue weighted by Gasteiger charge is 2.20. The molecule has 1 aliphatic rings. The Balaban J connectivity index is 1.65. The van der Waals surface area contributed by atoms with Crippen LogP contribution in [0.25, 0.3) is 0 Å². The van der Waals surface area contributed by atoms with Crippen LogP contribution in [0.3, 0.4) is 0 Å². The fourth-order valence-corrected chi connectivity index (χ4v) is 3.38. The van der Waals surface area contributed by atoms with Crippen molar-refractivity contribution in [1.29, 1.82) is 0 Å². The van der Waals surface area contributed by atoms with Crippen molar-refractivity contribution < 1.29 is 4.79 Å². The second kappa shape index (κ2) is 8.11. The lowest BCUT2D eigenvalue weighted by atomic mass is 10.0. The van der Waals surface area contributed by atoms with Crippen molar-refractivity contribution in [2.45, 2.75) is 38.6 Å². The SMILES string of the molecule is CC1CCCCN1CC(=O)Nc1ccccc1Cc1ccccc1. The Hall–Kier alpha value is -2.13. The Bertz CT molecular complexity index is 669. The van der Waals surface area contributed by atoms with Crippen LogP contribution in [0.4, 0.5) is 5.69 Å². The maximum absolute atomic E-state index is 12.5. The minimum absolute atomic E-state index is 0.0873. The zero-order valence-electron chi connectivity index (χ0n) is 14.4. The molecule has 126 valence electrons. The largest absolute Gasteiger partial charge is 0.325 e. The van der Waals surface area contributed by atoms with Crippen molar-refractivity contribution in [3.05, 3.63) is 65.7 Å². The normalized spacial score (nSPS) is 18.3. The molecule has 1 amide bonds. The van der Waals surface area contributed by atoms with E-state index in [-0.39, 0.29) is 5.91 Å². The minimum Gasteiger partial charge on any atom is -0.325 e. The highest BCUT2D eigenvalue weighted by Crippen LogP contribution is 2.20. The van der Waals surface area contributed by atoms with Crippen molar-refractivity contribution in [2.24, 2.45) is 0 Å². The number of benzene rings is 2. The van der Waals surface area contributed by atoms with Gasteiger partial charge in [-0.05, 0) is 49.9 Å². The molecule has 3 heteroatoms. The second-order valence-corrected chi connectivity index (χ2v) is 6.68. The highest BCUT2D eigenvalue weighted by molar-refractivity contribution is 5.93. The summed E-state index contributed by atoms with van der Waals surface area (Å²) >= 11 is 0. The molecule has 2 aromatic rings. The Morgan fingerprint density at radius 1 is 1.08 bits per heavy atom. The lowest BCUT2D eigenvalue weighted by Crippen LogP contribution is -2.42. The molecule has 3 rings (SSSR count). The predicted octanol–water partition coefficient (Wildman–Crippen LogP) is 4.09. The average molecular weight is 322 g/mol. The third-order valence-corrected chi connectivity index (χ3v) is 4.82. The van der Waals surface area contributed by atoms with Gasteiger partial charge in [0.05, 0.1) is 6.54 Å². The Morgan fingerprint density at radius 2 is 1.83 bits per heavy atom. The first-order valence-electron chi connectivity index (χ1n) is 8.88. The average Bonchev–Trinajstić information content (AvgIpc) is 2.60. The van der Waals surface area contributed by atoms with Gasteiger partial charge >= 0.3 is 0 Å². The molecule has 0 bridgehead atoms. The van der Waals surface area contributed by atoms with Gasteiger partial charge in [0.1, 0.15) is 0 Å². The maximum Gasteiger partial charge on any atom is 0.238 e. The van der Waals surface area contributed by atoms with Crippen LogP contribution in [0.2, 0.25) is 0 Å². The van der Waals surface area contributed by atoms with Crippen LogP contribution in [0, 0.1) is 0 Å². The number of likely N-dealkylation sites (tertiary alicyclic amines) is 1. The first-order valence-corrected chi connectivity index (χ1v) is 8.88. The summed E-state index contributed by atoms with van der Waals surface area (Å²) in [7, 11) is 0. The molecule has 0 radical (unpaired) electrons. The number of nitrogens with one attached hydrogen (secondary N) is 1. The summed E-state index contributed by atoms with van der Waals surface area (Å²) in [6.07, 6.45) is 4.50. The number of hydrogen-bond donors (Lipinski definition) is 1. The summed E-state index contributed by atoms with van der Waals surface area (Å²) in [5.41, 5.74) is 3.34. The number of hydrogen-bond acceptors (Lipinski definition) is 2. The number of rotatable bonds is 5. The summed E-state index contributed by atoms with van der Waals surface area (Å²) in [5.74, 6) is 0.0873. The summed E-state index contributed by atoms with van der Waals surface area (Å²) in [4.78, 5) is 14.8. The van der Waals surface area contributed by atoms with Gasteiger partial charge in [-0.15, -0.1) is 0 Å². The lowest BCUT2D eigenvalue weighted by Gasteiger charge is -2.32. The van der Waals surface area contributed by atoms with Crippen molar-refractivity contribution in [2.75, 3.05) is 18.4 Å². The van der Waals surface area contributed by atoms with Crippen molar-refractivity contribution in [1.82, 2.24) is 4.90 Å². The number of nitrogens with zero attached hydrogens (tertiary/aromatic N) is 1. The fraction of sp³-hybridized carbons (Fsp3) is 0.381. The van der Waals surface area contributed by atoms with E-state index in [4.69, 9.17) is 0 Å². The van der Waals surface area contributed by atoms with Gasteiger partial charge in [0.25, 0.3) is 0 Å². The molecule has 1 unspecified atom stereocenters. The highest BCUT2D eigenvalue weighted by atomic mass is 16.2. The number of amides is 1. The molecule has 0 aromatic heterocycles. The Kier molecular flexibility index (Phi) is 5.65. The smallest absolute Gasteiger partial charge is 0.238 e. The molecule has 1 atom stereocenters. The van der Waals surface area contributed by atoms with E-state index in [9.17, 15) is 4.79 Å². The first kappa shape index (κ1) is 16.7. The molecular weight excluding hydrogens is 296 g/mol. The number of anilines is 1. The van der Waals surface area contributed by atoms with Gasteiger partial charge in [-0.3, -0.25) is 9.69 Å². The molecule has 1 saturated heterocycles. The number of carbonyl (C=O) groups excluding carboxylic acids is 1. The van der Waals surface area contributed by atoms with Crippen LogP contribution in [-0.4, -0.2) is 29.9 Å². The third-order valence-electron chi connectivity index (χ3n) is 4.82. The van der Waals surface area contributed by atoms with E-state index in [2.05, 4.69) is 35.3 Å². The molecule has 0 saturated carbocycles. The van der Waals surface area contributed by atoms with Gasteiger partial charge in [0.15, 0.2) is 0 Å².